The molecular formula is C21H19N4O3. The second-order valence-electron chi connectivity index (χ2n) is 7.07. The predicted molar refractivity (Wildman–Crippen MR) is 102 cm³/mol. The summed E-state index contributed by atoms with van der Waals surface area (Å²) in [4.78, 5) is 26.9. The Hall–Kier alpha value is -3.16. The monoisotopic (exact) mass is 375 g/mol. The van der Waals surface area contributed by atoms with Crippen molar-refractivity contribution in [1.82, 2.24) is 10.2 Å². The first-order chi connectivity index (χ1) is 13.7. The highest BCUT2D eigenvalue weighted by molar-refractivity contribution is 6.19. The summed E-state index contributed by atoms with van der Waals surface area (Å²) in [5, 5.41) is 15.0. The van der Waals surface area contributed by atoms with E-state index in [9.17, 15) is 14.8 Å². The number of hydrogen-bond acceptors (Lipinski definition) is 6. The molecule has 2 amide bonds. The number of hydrogen-bond donors (Lipinski definition) is 1. The van der Waals surface area contributed by atoms with Crippen LogP contribution in [0.1, 0.15) is 25.7 Å². The van der Waals surface area contributed by atoms with E-state index in [2.05, 4.69) is 6.07 Å². The van der Waals surface area contributed by atoms with E-state index in [4.69, 9.17) is 0 Å². The first kappa shape index (κ1) is 17.0. The molecule has 2 aromatic carbocycles. The van der Waals surface area contributed by atoms with Crippen LogP contribution in [0.5, 0.6) is 0 Å². The third kappa shape index (κ3) is 2.44. The number of benzene rings is 2. The Kier molecular flexibility index (Phi) is 3.92. The number of nitrogens with zero attached hydrogens (tertiary/aromatic N) is 4. The second-order valence-corrected chi connectivity index (χ2v) is 7.07. The molecule has 2 heterocycles. The van der Waals surface area contributed by atoms with Crippen LogP contribution in [-0.4, -0.2) is 33.9 Å². The number of fused-ring (bicyclic) bond motifs is 1. The van der Waals surface area contributed by atoms with Crippen LogP contribution >= 0.6 is 0 Å². The lowest BCUT2D eigenvalue weighted by molar-refractivity contribution is -0.142. The lowest BCUT2D eigenvalue weighted by Crippen LogP contribution is -2.51. The van der Waals surface area contributed by atoms with E-state index in [1.54, 1.807) is 17.1 Å². The van der Waals surface area contributed by atoms with Crippen LogP contribution < -0.4 is 10.0 Å². The Morgan fingerprint density at radius 3 is 2.25 bits per heavy atom. The summed E-state index contributed by atoms with van der Waals surface area (Å²) >= 11 is 0. The summed E-state index contributed by atoms with van der Waals surface area (Å²) in [5.74, 6) is -0.478. The van der Waals surface area contributed by atoms with Crippen LogP contribution in [0.15, 0.2) is 59.7 Å². The minimum absolute atomic E-state index is 0.0504. The molecule has 1 aliphatic carbocycles. The van der Waals surface area contributed by atoms with Crippen molar-refractivity contribution in [3.05, 3.63) is 65.7 Å². The lowest BCUT2D eigenvalue weighted by Gasteiger charge is -2.32. The summed E-state index contributed by atoms with van der Waals surface area (Å²) in [7, 11) is 0. The molecule has 1 N–H and O–H groups in total. The fourth-order valence-electron chi connectivity index (χ4n) is 4.11. The smallest absolute Gasteiger partial charge is 0.258 e. The first-order valence-corrected chi connectivity index (χ1v) is 9.36. The van der Waals surface area contributed by atoms with Gasteiger partial charge in [-0.25, -0.2) is 10.0 Å². The molecule has 5 rings (SSSR count). The van der Waals surface area contributed by atoms with Crippen molar-refractivity contribution in [3.63, 3.8) is 0 Å². The average molecular weight is 375 g/mol. The van der Waals surface area contributed by atoms with E-state index < -0.39 is 0 Å². The van der Waals surface area contributed by atoms with Crippen molar-refractivity contribution in [1.29, 1.82) is 0 Å². The van der Waals surface area contributed by atoms with E-state index in [1.807, 2.05) is 36.4 Å². The van der Waals surface area contributed by atoms with Crippen molar-refractivity contribution >= 4 is 28.9 Å². The van der Waals surface area contributed by atoms with Crippen molar-refractivity contribution in [2.24, 2.45) is 0 Å². The zero-order valence-corrected chi connectivity index (χ0v) is 15.2. The molecule has 2 aromatic rings. The summed E-state index contributed by atoms with van der Waals surface area (Å²) in [6, 6.07) is 17.7. The molecular weight excluding hydrogens is 356 g/mol. The molecule has 0 spiro atoms. The van der Waals surface area contributed by atoms with Gasteiger partial charge in [-0.3, -0.25) is 19.7 Å². The molecule has 0 aromatic heterocycles. The standard InChI is InChI=1S/C21H19N4O3/c26-20-16-10-4-5-11-17(16)21(27)22(20)14-23-18-12-6-7-13-19(18)24(25(23)28)15-8-2-1-3-9-15/h1-2,6-9,12-13,28H,4-5,10-11,14H2. The topological polar surface area (TPSA) is 67.3 Å². The number of amides is 2. The zero-order valence-electron chi connectivity index (χ0n) is 15.2. The fourth-order valence-corrected chi connectivity index (χ4v) is 4.11. The Morgan fingerprint density at radius 1 is 0.929 bits per heavy atom. The molecule has 0 unspecified atom stereocenters. The average Bonchev–Trinajstić information content (AvgIpc) is 3.15. The van der Waals surface area contributed by atoms with Gasteiger partial charge in [0.1, 0.15) is 6.67 Å². The van der Waals surface area contributed by atoms with E-state index >= 15 is 0 Å². The molecule has 0 fully saturated rings. The van der Waals surface area contributed by atoms with E-state index in [-0.39, 0.29) is 18.5 Å². The number of anilines is 3. The molecule has 0 saturated carbocycles. The lowest BCUT2D eigenvalue weighted by atomic mass is 9.93. The number of imide groups is 1. The van der Waals surface area contributed by atoms with E-state index in [0.717, 1.165) is 29.5 Å². The van der Waals surface area contributed by atoms with Crippen LogP contribution in [0.25, 0.3) is 0 Å². The van der Waals surface area contributed by atoms with Crippen LogP contribution in [0.2, 0.25) is 0 Å². The van der Waals surface area contributed by atoms with Gasteiger partial charge >= 0.3 is 0 Å². The third-order valence-corrected chi connectivity index (χ3v) is 5.47. The minimum Gasteiger partial charge on any atom is -0.276 e. The highest BCUT2D eigenvalue weighted by Gasteiger charge is 2.43. The second kappa shape index (κ2) is 6.47. The maximum Gasteiger partial charge on any atom is 0.258 e. The molecule has 3 aliphatic rings. The molecule has 28 heavy (non-hydrogen) atoms. The Labute approximate surface area is 162 Å². The van der Waals surface area contributed by atoms with Gasteiger partial charge in [0.15, 0.2) is 0 Å². The SMILES string of the molecule is O=C1C2=C(CCCC2)C(=O)N1CN1c2ccccc2N(c2c[c]ccc2)N1O. The zero-order chi connectivity index (χ0) is 19.3. The molecule has 7 nitrogen and oxygen atoms in total. The van der Waals surface area contributed by atoms with E-state index in [0.29, 0.717) is 29.7 Å². The van der Waals surface area contributed by atoms with Crippen LogP contribution in [-0.2, 0) is 9.59 Å². The fraction of sp³-hybridized carbons (Fsp3) is 0.238. The quantitative estimate of drug-likeness (QED) is 0.832. The number of para-hydroxylation sites is 2. The van der Waals surface area contributed by atoms with Gasteiger partial charge in [-0.1, -0.05) is 24.3 Å². The van der Waals surface area contributed by atoms with Crippen LogP contribution in [0.4, 0.5) is 17.1 Å². The van der Waals surface area contributed by atoms with Gasteiger partial charge in [-0.15, -0.1) is 0 Å². The molecule has 141 valence electrons. The van der Waals surface area contributed by atoms with Crippen LogP contribution in [0.3, 0.4) is 0 Å². The van der Waals surface area contributed by atoms with Crippen molar-refractivity contribution < 1.29 is 14.8 Å². The number of hydrazine groups is 2. The highest BCUT2D eigenvalue weighted by Crippen LogP contribution is 2.43. The van der Waals surface area contributed by atoms with Gasteiger partial charge < -0.3 is 0 Å². The van der Waals surface area contributed by atoms with E-state index in [1.165, 1.54) is 9.91 Å². The third-order valence-electron chi connectivity index (χ3n) is 5.47. The Bertz CT molecular complexity index is 960. The van der Waals surface area contributed by atoms with Crippen molar-refractivity contribution in [3.8, 4) is 0 Å². The minimum atomic E-state index is -0.239. The maximum absolute atomic E-state index is 12.8. The van der Waals surface area contributed by atoms with Gasteiger partial charge in [0.25, 0.3) is 11.8 Å². The summed E-state index contributed by atoms with van der Waals surface area (Å²) in [6.45, 7) is -0.0504. The summed E-state index contributed by atoms with van der Waals surface area (Å²) in [6.07, 6.45) is 3.18. The molecule has 7 heteroatoms. The Balaban J connectivity index is 1.48. The van der Waals surface area contributed by atoms with Crippen molar-refractivity contribution in [2.75, 3.05) is 16.7 Å². The largest absolute Gasteiger partial charge is 0.276 e. The summed E-state index contributed by atoms with van der Waals surface area (Å²) in [5.41, 5.74) is 3.46. The molecule has 0 bridgehead atoms. The molecule has 2 aliphatic heterocycles. The van der Waals surface area contributed by atoms with Gasteiger partial charge in [0.05, 0.1) is 17.1 Å². The molecule has 0 saturated heterocycles. The van der Waals surface area contributed by atoms with Gasteiger partial charge in [0, 0.05) is 16.4 Å². The van der Waals surface area contributed by atoms with Gasteiger partial charge in [-0.2, -0.15) is 0 Å². The molecule has 1 radical (unpaired) electrons. The number of carbonyl (C=O) groups excluding carboxylic acids is 2. The Morgan fingerprint density at radius 2 is 1.61 bits per heavy atom. The number of carbonyl (C=O) groups is 2. The van der Waals surface area contributed by atoms with Crippen LogP contribution in [0, 0.1) is 6.07 Å². The van der Waals surface area contributed by atoms with Crippen molar-refractivity contribution in [2.45, 2.75) is 25.7 Å². The van der Waals surface area contributed by atoms with Gasteiger partial charge in [0.2, 0.25) is 0 Å². The summed E-state index contributed by atoms with van der Waals surface area (Å²) < 4.78 is 0. The molecule has 0 atom stereocenters. The maximum atomic E-state index is 12.8. The predicted octanol–water partition coefficient (Wildman–Crippen LogP) is 3.16. The first-order valence-electron chi connectivity index (χ1n) is 9.36. The van der Waals surface area contributed by atoms with Gasteiger partial charge in [-0.05, 0) is 56.0 Å². The highest BCUT2D eigenvalue weighted by atomic mass is 16.6. The normalized spacial score (nSPS) is 19.5. The number of rotatable bonds is 3.